The number of hydrazone groups is 1. The first-order valence-electron chi connectivity index (χ1n) is 7.52. The Bertz CT molecular complexity index is 738. The lowest BCUT2D eigenvalue weighted by atomic mass is 10.1. The Morgan fingerprint density at radius 1 is 1.33 bits per heavy atom. The monoisotopic (exact) mass is 398 g/mol. The number of guanidine groups is 1. The second-order valence-electron chi connectivity index (χ2n) is 5.11. The molecule has 0 aliphatic heterocycles. The molecular formula is C14H18N6O6S. The molecule has 0 aliphatic carbocycles. The van der Waals surface area contributed by atoms with Gasteiger partial charge in [-0.2, -0.15) is 0 Å². The smallest absolute Gasteiger partial charge is 0.413 e. The summed E-state index contributed by atoms with van der Waals surface area (Å²) >= 11 is 4.80. The second-order valence-corrected chi connectivity index (χ2v) is 5.55. The number of amides is 1. The summed E-state index contributed by atoms with van der Waals surface area (Å²) in [7, 11) is 0. The molecule has 1 amide bonds. The van der Waals surface area contributed by atoms with Crippen molar-refractivity contribution >= 4 is 35.2 Å². The third-order valence-corrected chi connectivity index (χ3v) is 3.34. The molecule has 1 aromatic rings. The number of nitrogens with one attached hydrogen (secondary N) is 2. The number of nitrogens with two attached hydrogens (primary N) is 2. The van der Waals surface area contributed by atoms with Gasteiger partial charge in [-0.05, 0) is 37.1 Å². The predicted molar refractivity (Wildman–Crippen MR) is 98.8 cm³/mol. The molecule has 7 N–H and O–H groups in total. The van der Waals surface area contributed by atoms with E-state index in [1.54, 1.807) is 12.1 Å². The lowest BCUT2D eigenvalue weighted by Crippen LogP contribution is -2.43. The Hall–Kier alpha value is -3.48. The number of rotatable bonds is 9. The number of hydrogen-bond donors (Lipinski definition) is 5. The third-order valence-electron chi connectivity index (χ3n) is 3.10. The van der Waals surface area contributed by atoms with Crippen LogP contribution in [-0.4, -0.2) is 45.7 Å². The van der Waals surface area contributed by atoms with Crippen LogP contribution in [0.5, 0.6) is 5.75 Å². The molecule has 0 radical (unpaired) electrons. The lowest BCUT2D eigenvalue weighted by molar-refractivity contribution is -0.485. The quantitative estimate of drug-likeness (QED) is 0.0922. The molecule has 0 fully saturated rings. The minimum Gasteiger partial charge on any atom is -0.480 e. The van der Waals surface area contributed by atoms with Gasteiger partial charge in [0, 0.05) is 12.1 Å². The summed E-state index contributed by atoms with van der Waals surface area (Å²) in [6, 6.07) is 4.82. The zero-order chi connectivity index (χ0) is 20.4. The number of carbonyl (C=O) groups excluding carboxylic acids is 1. The van der Waals surface area contributed by atoms with Crippen molar-refractivity contribution in [2.45, 2.75) is 18.9 Å². The minimum atomic E-state index is -1.26. The number of carboxylic acids is 1. The van der Waals surface area contributed by atoms with Gasteiger partial charge in [0.2, 0.25) is 0 Å². The molecule has 1 atom stereocenters. The maximum Gasteiger partial charge on any atom is 0.413 e. The zero-order valence-electron chi connectivity index (χ0n) is 14.0. The van der Waals surface area contributed by atoms with Crippen molar-refractivity contribution in [1.82, 2.24) is 10.6 Å². The van der Waals surface area contributed by atoms with E-state index in [4.69, 9.17) is 33.5 Å². The number of carboxylic acid groups (broad SMARTS) is 1. The highest BCUT2D eigenvalue weighted by molar-refractivity contribution is 7.80. The molecule has 1 rings (SSSR count). The van der Waals surface area contributed by atoms with E-state index in [1.807, 2.05) is 0 Å². The van der Waals surface area contributed by atoms with Gasteiger partial charge < -0.3 is 31.9 Å². The maximum absolute atomic E-state index is 11.8. The van der Waals surface area contributed by atoms with Crippen LogP contribution in [0.4, 0.5) is 4.79 Å². The Balaban J connectivity index is 2.48. The molecule has 146 valence electrons. The van der Waals surface area contributed by atoms with Crippen molar-refractivity contribution in [3.05, 3.63) is 39.9 Å². The Kier molecular flexibility index (Phi) is 8.38. The Labute approximate surface area is 158 Å². The molecule has 13 heteroatoms. The number of carbonyl (C=O) groups is 2. The van der Waals surface area contributed by atoms with Gasteiger partial charge in [-0.3, -0.25) is 0 Å². The van der Waals surface area contributed by atoms with E-state index in [2.05, 4.69) is 15.7 Å². The fourth-order valence-corrected chi connectivity index (χ4v) is 2.01. The van der Waals surface area contributed by atoms with E-state index in [9.17, 15) is 19.7 Å². The summed E-state index contributed by atoms with van der Waals surface area (Å²) in [6.07, 6.45) is -0.676. The van der Waals surface area contributed by atoms with E-state index < -0.39 is 29.1 Å². The molecule has 27 heavy (non-hydrogen) atoms. The highest BCUT2D eigenvalue weighted by Gasteiger charge is 2.20. The van der Waals surface area contributed by atoms with Crippen LogP contribution >= 0.6 is 12.2 Å². The van der Waals surface area contributed by atoms with Gasteiger partial charge in [0.05, 0.1) is 0 Å². The minimum absolute atomic E-state index is 0.0313. The Morgan fingerprint density at radius 2 is 1.96 bits per heavy atom. The standard InChI is InChI=1S/C14H18N6O6S/c15-11(27)8-3-5-9(6-4-8)26-14(23)18-10(12(21)22)2-1-7-17-13(16)19-20(24)25/h3-6,10H,1-2,7H2,(H2,15,27)(H,18,23)(H,21,22)(H3,16,17,19). The highest BCUT2D eigenvalue weighted by Crippen LogP contribution is 2.12. The van der Waals surface area contributed by atoms with Crippen LogP contribution in [0.1, 0.15) is 18.4 Å². The highest BCUT2D eigenvalue weighted by atomic mass is 32.1. The van der Waals surface area contributed by atoms with Crippen molar-refractivity contribution in [2.75, 3.05) is 6.54 Å². The summed E-state index contributed by atoms with van der Waals surface area (Å²) in [5, 5.41) is 25.8. The first kappa shape index (κ1) is 21.6. The van der Waals surface area contributed by atoms with Crippen molar-refractivity contribution in [1.29, 1.82) is 0 Å². The van der Waals surface area contributed by atoms with Crippen LogP contribution in [0.15, 0.2) is 29.4 Å². The first-order chi connectivity index (χ1) is 12.7. The number of benzene rings is 1. The fraction of sp³-hybridized carbons (Fsp3) is 0.286. The van der Waals surface area contributed by atoms with Crippen molar-refractivity contribution in [2.24, 2.45) is 16.6 Å². The normalized spacial score (nSPS) is 11.9. The van der Waals surface area contributed by atoms with E-state index in [-0.39, 0.29) is 30.1 Å². The summed E-state index contributed by atoms with van der Waals surface area (Å²) < 4.78 is 4.99. The number of ether oxygens (including phenoxy) is 1. The molecule has 12 nitrogen and oxygen atoms in total. The maximum atomic E-state index is 11.8. The average molecular weight is 398 g/mol. The van der Waals surface area contributed by atoms with Crippen LogP contribution in [0.25, 0.3) is 0 Å². The van der Waals surface area contributed by atoms with Gasteiger partial charge in [0.25, 0.3) is 5.96 Å². The van der Waals surface area contributed by atoms with Gasteiger partial charge in [0.1, 0.15) is 21.9 Å². The predicted octanol–water partition coefficient (Wildman–Crippen LogP) is -0.261. The van der Waals surface area contributed by atoms with Crippen LogP contribution in [0, 0.1) is 10.1 Å². The third kappa shape index (κ3) is 8.44. The van der Waals surface area contributed by atoms with Gasteiger partial charge in [-0.1, -0.05) is 12.2 Å². The van der Waals surface area contributed by atoms with E-state index in [1.165, 1.54) is 12.1 Å². The van der Waals surface area contributed by atoms with Gasteiger partial charge >= 0.3 is 12.1 Å². The average Bonchev–Trinajstić information content (AvgIpc) is 2.57. The molecule has 0 aliphatic rings. The molecule has 0 saturated carbocycles. The SMILES string of the molecule is NC(=S)c1ccc(OC(=O)NC(CCCN/C(N)=N/[N+](=O)[O-])C(=O)O)cc1. The number of thiocarbonyl (C=S) groups is 1. The van der Waals surface area contributed by atoms with Crippen LogP contribution < -0.4 is 26.8 Å². The summed E-state index contributed by atoms with van der Waals surface area (Å²) in [4.78, 5) is 33.4. The number of nitrogens with zero attached hydrogens (tertiary/aromatic N) is 2. The topological polar surface area (TPSA) is 195 Å². The molecular weight excluding hydrogens is 380 g/mol. The second kappa shape index (κ2) is 10.5. The number of hydrogen-bond acceptors (Lipinski definition) is 6. The molecule has 0 heterocycles. The van der Waals surface area contributed by atoms with Gasteiger partial charge in [-0.15, -0.1) is 0 Å². The molecule has 1 aromatic carbocycles. The molecule has 0 bridgehead atoms. The van der Waals surface area contributed by atoms with Crippen LogP contribution in [-0.2, 0) is 4.79 Å². The van der Waals surface area contributed by atoms with Crippen LogP contribution in [0.3, 0.4) is 0 Å². The lowest BCUT2D eigenvalue weighted by Gasteiger charge is -2.14. The van der Waals surface area contributed by atoms with E-state index in [0.717, 1.165) is 0 Å². The van der Waals surface area contributed by atoms with Crippen LogP contribution in [0.2, 0.25) is 0 Å². The van der Waals surface area contributed by atoms with Gasteiger partial charge in [-0.25, -0.2) is 19.7 Å². The summed E-state index contributed by atoms with van der Waals surface area (Å²) in [6.45, 7) is 0.129. The zero-order valence-corrected chi connectivity index (χ0v) is 14.8. The van der Waals surface area contributed by atoms with Gasteiger partial charge in [0.15, 0.2) is 5.03 Å². The summed E-state index contributed by atoms with van der Waals surface area (Å²) in [5.74, 6) is -1.48. The van der Waals surface area contributed by atoms with E-state index >= 15 is 0 Å². The number of nitro groups is 1. The van der Waals surface area contributed by atoms with Crippen molar-refractivity contribution in [3.8, 4) is 5.75 Å². The Morgan fingerprint density at radius 3 is 2.48 bits per heavy atom. The molecule has 1 unspecified atom stereocenters. The first-order valence-corrected chi connectivity index (χ1v) is 7.93. The summed E-state index contributed by atoms with van der Waals surface area (Å²) in [5.41, 5.74) is 11.3. The van der Waals surface area contributed by atoms with E-state index in [0.29, 0.717) is 5.56 Å². The van der Waals surface area contributed by atoms with Crippen molar-refractivity contribution < 1.29 is 24.5 Å². The van der Waals surface area contributed by atoms with Crippen molar-refractivity contribution in [3.63, 3.8) is 0 Å². The largest absolute Gasteiger partial charge is 0.480 e. The fourth-order valence-electron chi connectivity index (χ4n) is 1.87. The molecule has 0 saturated heterocycles. The molecule has 0 aromatic heterocycles. The number of aliphatic carboxylic acids is 1. The molecule has 0 spiro atoms.